The molecule has 0 aromatic heterocycles. The first-order chi connectivity index (χ1) is 9.18. The lowest BCUT2D eigenvalue weighted by Gasteiger charge is -2.11. The Kier molecular flexibility index (Phi) is 8.21. The van der Waals surface area contributed by atoms with Crippen LogP contribution >= 0.6 is 0 Å². The summed E-state index contributed by atoms with van der Waals surface area (Å²) in [5.41, 5.74) is 0. The van der Waals surface area contributed by atoms with Gasteiger partial charge in [-0.3, -0.25) is 9.59 Å². The summed E-state index contributed by atoms with van der Waals surface area (Å²) in [6.45, 7) is 1.36. The van der Waals surface area contributed by atoms with Crippen molar-refractivity contribution < 1.29 is 19.4 Å². The maximum atomic E-state index is 11.4. The van der Waals surface area contributed by atoms with E-state index in [0.29, 0.717) is 38.5 Å². The molecule has 19 heavy (non-hydrogen) atoms. The van der Waals surface area contributed by atoms with Gasteiger partial charge in [0.25, 0.3) is 0 Å². The van der Waals surface area contributed by atoms with Crippen molar-refractivity contribution in [2.45, 2.75) is 63.9 Å². The fourth-order valence-electron chi connectivity index (χ4n) is 2.26. The van der Waals surface area contributed by atoms with Gasteiger partial charge >= 0.3 is 5.97 Å². The molecule has 1 aliphatic carbocycles. The molecule has 0 radical (unpaired) electrons. The zero-order chi connectivity index (χ0) is 13.9. The minimum atomic E-state index is -0.801. The van der Waals surface area contributed by atoms with E-state index < -0.39 is 5.97 Å². The van der Waals surface area contributed by atoms with Crippen molar-refractivity contribution in [2.24, 2.45) is 0 Å². The van der Waals surface area contributed by atoms with E-state index in [2.05, 4.69) is 5.32 Å². The molecule has 1 amide bonds. The highest BCUT2D eigenvalue weighted by molar-refractivity contribution is 5.75. The second kappa shape index (κ2) is 9.78. The molecule has 0 aliphatic heterocycles. The zero-order valence-corrected chi connectivity index (χ0v) is 11.5. The van der Waals surface area contributed by atoms with Gasteiger partial charge in [0.1, 0.15) is 0 Å². The number of aliphatic carboxylic acids is 1. The molecule has 2 N–H and O–H groups in total. The van der Waals surface area contributed by atoms with Crippen LogP contribution in [0.2, 0.25) is 0 Å². The minimum absolute atomic E-state index is 0.00579. The Balaban J connectivity index is 1.85. The first-order valence-corrected chi connectivity index (χ1v) is 7.28. The molecule has 0 aromatic rings. The second-order valence-corrected chi connectivity index (χ2v) is 5.08. The van der Waals surface area contributed by atoms with E-state index in [-0.39, 0.29) is 12.3 Å². The monoisotopic (exact) mass is 271 g/mol. The smallest absolute Gasteiger partial charge is 0.303 e. The summed E-state index contributed by atoms with van der Waals surface area (Å²) in [5.74, 6) is -0.796. The van der Waals surface area contributed by atoms with Crippen molar-refractivity contribution in [3.63, 3.8) is 0 Å². The van der Waals surface area contributed by atoms with E-state index in [1.807, 2.05) is 0 Å². The number of amides is 1. The van der Waals surface area contributed by atoms with Crippen LogP contribution in [0.5, 0.6) is 0 Å². The highest BCUT2D eigenvalue weighted by Gasteiger charge is 2.14. The molecule has 1 aliphatic rings. The van der Waals surface area contributed by atoms with E-state index in [9.17, 15) is 9.59 Å². The topological polar surface area (TPSA) is 75.6 Å². The molecular formula is C14H25NO4. The predicted octanol–water partition coefficient (Wildman–Crippen LogP) is 2.10. The third-order valence-electron chi connectivity index (χ3n) is 3.34. The van der Waals surface area contributed by atoms with E-state index in [4.69, 9.17) is 9.84 Å². The lowest BCUT2D eigenvalue weighted by Crippen LogP contribution is -2.25. The zero-order valence-electron chi connectivity index (χ0n) is 11.5. The van der Waals surface area contributed by atoms with E-state index in [1.54, 1.807) is 0 Å². The highest BCUT2D eigenvalue weighted by Crippen LogP contribution is 2.20. The van der Waals surface area contributed by atoms with E-state index in [1.165, 1.54) is 25.7 Å². The Morgan fingerprint density at radius 1 is 1.11 bits per heavy atom. The number of carboxylic acid groups (broad SMARTS) is 1. The molecule has 5 nitrogen and oxygen atoms in total. The summed E-state index contributed by atoms with van der Waals surface area (Å²) in [5, 5.41) is 11.3. The maximum Gasteiger partial charge on any atom is 0.303 e. The Morgan fingerprint density at radius 2 is 1.79 bits per heavy atom. The van der Waals surface area contributed by atoms with E-state index >= 15 is 0 Å². The molecule has 110 valence electrons. The van der Waals surface area contributed by atoms with Crippen LogP contribution < -0.4 is 5.32 Å². The minimum Gasteiger partial charge on any atom is -0.481 e. The molecule has 0 saturated heterocycles. The van der Waals surface area contributed by atoms with Crippen LogP contribution in [0.4, 0.5) is 0 Å². The van der Waals surface area contributed by atoms with Crippen LogP contribution in [-0.2, 0) is 14.3 Å². The second-order valence-electron chi connectivity index (χ2n) is 5.08. The lowest BCUT2D eigenvalue weighted by molar-refractivity contribution is -0.137. The normalized spacial score (nSPS) is 15.6. The fourth-order valence-corrected chi connectivity index (χ4v) is 2.26. The van der Waals surface area contributed by atoms with Gasteiger partial charge in [0.2, 0.25) is 5.91 Å². The molecule has 5 heteroatoms. The van der Waals surface area contributed by atoms with Crippen molar-refractivity contribution in [3.05, 3.63) is 0 Å². The number of unbranched alkanes of at least 4 members (excludes halogenated alkanes) is 1. The Labute approximate surface area is 114 Å². The third kappa shape index (κ3) is 8.59. The van der Waals surface area contributed by atoms with E-state index in [0.717, 1.165) is 6.42 Å². The van der Waals surface area contributed by atoms with Crippen molar-refractivity contribution in [1.29, 1.82) is 0 Å². The van der Waals surface area contributed by atoms with Crippen LogP contribution in [0.3, 0.4) is 0 Å². The standard InChI is InChI=1S/C14H25NO4/c16-13(8-3-4-9-14(17)18)15-10-5-11-19-12-6-1-2-7-12/h12H,1-11H2,(H,15,16)(H,17,18). The molecule has 0 atom stereocenters. The maximum absolute atomic E-state index is 11.4. The number of hydrogen-bond donors (Lipinski definition) is 2. The average molecular weight is 271 g/mol. The Hall–Kier alpha value is -1.10. The lowest BCUT2D eigenvalue weighted by atomic mass is 10.2. The number of nitrogens with one attached hydrogen (secondary N) is 1. The quantitative estimate of drug-likeness (QED) is 0.597. The van der Waals surface area contributed by atoms with Crippen molar-refractivity contribution >= 4 is 11.9 Å². The van der Waals surface area contributed by atoms with Crippen LogP contribution in [-0.4, -0.2) is 36.2 Å². The summed E-state index contributed by atoms with van der Waals surface area (Å²) in [7, 11) is 0. The van der Waals surface area contributed by atoms with Crippen LogP contribution in [0.15, 0.2) is 0 Å². The number of carboxylic acids is 1. The van der Waals surface area contributed by atoms with Gasteiger partial charge in [-0.2, -0.15) is 0 Å². The van der Waals surface area contributed by atoms with Crippen LogP contribution in [0.25, 0.3) is 0 Å². The van der Waals surface area contributed by atoms with Gasteiger partial charge in [0.05, 0.1) is 6.10 Å². The van der Waals surface area contributed by atoms with Crippen molar-refractivity contribution in [2.75, 3.05) is 13.2 Å². The third-order valence-corrected chi connectivity index (χ3v) is 3.34. The number of ether oxygens (including phenoxy) is 1. The Morgan fingerprint density at radius 3 is 2.47 bits per heavy atom. The van der Waals surface area contributed by atoms with Crippen LogP contribution in [0.1, 0.15) is 57.8 Å². The summed E-state index contributed by atoms with van der Waals surface area (Å²) in [6, 6.07) is 0. The summed E-state index contributed by atoms with van der Waals surface area (Å²) in [6.07, 6.45) is 7.94. The van der Waals surface area contributed by atoms with Crippen molar-refractivity contribution in [3.8, 4) is 0 Å². The number of hydrogen-bond acceptors (Lipinski definition) is 3. The number of carbonyl (C=O) groups is 2. The molecule has 1 rings (SSSR count). The van der Waals surface area contributed by atoms with Gasteiger partial charge in [-0.25, -0.2) is 0 Å². The Bertz CT molecular complexity index is 275. The molecule has 0 spiro atoms. The molecular weight excluding hydrogens is 246 g/mol. The average Bonchev–Trinajstić information content (AvgIpc) is 2.87. The number of carbonyl (C=O) groups excluding carboxylic acids is 1. The largest absolute Gasteiger partial charge is 0.481 e. The SMILES string of the molecule is O=C(O)CCCCC(=O)NCCCOC1CCCC1. The molecule has 1 fully saturated rings. The molecule has 0 aromatic carbocycles. The highest BCUT2D eigenvalue weighted by atomic mass is 16.5. The van der Waals surface area contributed by atoms with Crippen LogP contribution in [0, 0.1) is 0 Å². The van der Waals surface area contributed by atoms with Gasteiger partial charge in [0, 0.05) is 26.0 Å². The molecule has 1 saturated carbocycles. The predicted molar refractivity (Wildman–Crippen MR) is 71.9 cm³/mol. The number of rotatable bonds is 10. The summed E-state index contributed by atoms with van der Waals surface area (Å²) in [4.78, 5) is 21.7. The summed E-state index contributed by atoms with van der Waals surface area (Å²) < 4.78 is 5.69. The molecule has 0 bridgehead atoms. The molecule has 0 heterocycles. The first kappa shape index (κ1) is 16.0. The van der Waals surface area contributed by atoms with Gasteiger partial charge in [-0.05, 0) is 32.1 Å². The van der Waals surface area contributed by atoms with Gasteiger partial charge < -0.3 is 15.2 Å². The van der Waals surface area contributed by atoms with Gasteiger partial charge in [-0.1, -0.05) is 12.8 Å². The van der Waals surface area contributed by atoms with Gasteiger partial charge in [0.15, 0.2) is 0 Å². The van der Waals surface area contributed by atoms with Crippen molar-refractivity contribution in [1.82, 2.24) is 5.32 Å². The fraction of sp³-hybridized carbons (Fsp3) is 0.857. The summed E-state index contributed by atoms with van der Waals surface area (Å²) >= 11 is 0. The van der Waals surface area contributed by atoms with Gasteiger partial charge in [-0.15, -0.1) is 0 Å². The molecule has 0 unspecified atom stereocenters. The first-order valence-electron chi connectivity index (χ1n) is 7.28.